The number of thioether (sulfide) groups is 1. The number of benzene rings is 1. The van der Waals surface area contributed by atoms with Crippen LogP contribution in [-0.4, -0.2) is 45.8 Å². The fourth-order valence-electron chi connectivity index (χ4n) is 5.31. The van der Waals surface area contributed by atoms with Gasteiger partial charge in [-0.2, -0.15) is 0 Å². The van der Waals surface area contributed by atoms with Crippen LogP contribution in [0, 0.1) is 0 Å². The number of aliphatic carboxylic acids is 1. The third-order valence-corrected chi connectivity index (χ3v) is 8.85. The Kier molecular flexibility index (Phi) is 5.64. The average molecular weight is 513 g/mol. The van der Waals surface area contributed by atoms with Gasteiger partial charge >= 0.3 is 11.6 Å². The van der Waals surface area contributed by atoms with Crippen molar-refractivity contribution in [2.24, 2.45) is 0 Å². The highest BCUT2D eigenvalue weighted by molar-refractivity contribution is 8.26. The molecule has 0 spiro atoms. The maximum atomic E-state index is 13.1. The minimum atomic E-state index is -1.00. The number of hydrogen-bond donors (Lipinski definition) is 1. The molecule has 0 unspecified atom stereocenters. The lowest BCUT2D eigenvalue weighted by Gasteiger charge is -2.48. The molecule has 0 aliphatic carbocycles. The molecule has 184 valence electrons. The highest BCUT2D eigenvalue weighted by Crippen LogP contribution is 2.51. The predicted molar refractivity (Wildman–Crippen MR) is 142 cm³/mol. The molecule has 0 saturated carbocycles. The topological polar surface area (TPSA) is 91.1 Å². The van der Waals surface area contributed by atoms with Gasteiger partial charge in [-0.3, -0.25) is 14.5 Å². The Labute approximate surface area is 213 Å². The van der Waals surface area contributed by atoms with Crippen molar-refractivity contribution in [3.63, 3.8) is 0 Å². The SMILES string of the molecule is CC1(C)CCN2CCC(C)(C)c3c2c1cc1cc(C=C2SC(=S)N(CCC(=O)O)C2=O)c(=O)oc31. The van der Waals surface area contributed by atoms with Crippen LogP contribution in [-0.2, 0) is 20.4 Å². The number of rotatable bonds is 4. The molecule has 1 fully saturated rings. The highest BCUT2D eigenvalue weighted by Gasteiger charge is 2.42. The maximum absolute atomic E-state index is 13.1. The second kappa shape index (κ2) is 8.20. The van der Waals surface area contributed by atoms with Gasteiger partial charge in [0.2, 0.25) is 0 Å². The summed E-state index contributed by atoms with van der Waals surface area (Å²) < 4.78 is 6.26. The van der Waals surface area contributed by atoms with E-state index >= 15 is 0 Å². The fraction of sp³-hybridized carbons (Fsp3) is 0.462. The van der Waals surface area contributed by atoms with Crippen LogP contribution in [0.15, 0.2) is 26.2 Å². The molecule has 7 nitrogen and oxygen atoms in total. The Morgan fingerprint density at radius 1 is 1.17 bits per heavy atom. The second-order valence-electron chi connectivity index (χ2n) is 10.8. The zero-order valence-electron chi connectivity index (χ0n) is 20.3. The molecule has 3 aliphatic heterocycles. The number of hydrogen-bond acceptors (Lipinski definition) is 7. The average Bonchev–Trinajstić information content (AvgIpc) is 3.03. The highest BCUT2D eigenvalue weighted by atomic mass is 32.2. The van der Waals surface area contributed by atoms with E-state index in [2.05, 4.69) is 38.7 Å². The molecule has 1 aromatic heterocycles. The van der Waals surface area contributed by atoms with Crippen LogP contribution in [0.4, 0.5) is 5.69 Å². The summed E-state index contributed by atoms with van der Waals surface area (Å²) in [4.78, 5) is 40.8. The van der Waals surface area contributed by atoms with Crippen molar-refractivity contribution in [2.45, 2.75) is 57.8 Å². The number of carbonyl (C=O) groups is 2. The lowest BCUT2D eigenvalue weighted by Crippen LogP contribution is -2.44. The van der Waals surface area contributed by atoms with E-state index in [-0.39, 0.29) is 44.5 Å². The predicted octanol–water partition coefficient (Wildman–Crippen LogP) is 4.64. The van der Waals surface area contributed by atoms with Gasteiger partial charge in [0, 0.05) is 36.3 Å². The van der Waals surface area contributed by atoms with Crippen LogP contribution in [0.25, 0.3) is 17.0 Å². The summed E-state index contributed by atoms with van der Waals surface area (Å²) in [6.45, 7) is 10.9. The normalized spacial score (nSPS) is 21.7. The number of anilines is 1. The van der Waals surface area contributed by atoms with E-state index in [9.17, 15) is 14.4 Å². The molecular formula is C26H28N2O5S2. The Morgan fingerprint density at radius 3 is 2.54 bits per heavy atom. The summed E-state index contributed by atoms with van der Waals surface area (Å²) in [7, 11) is 0. The van der Waals surface area contributed by atoms with Crippen molar-refractivity contribution < 1.29 is 19.1 Å². The van der Waals surface area contributed by atoms with Crippen LogP contribution >= 0.6 is 24.0 Å². The number of carbonyl (C=O) groups excluding carboxylic acids is 1. The van der Waals surface area contributed by atoms with Crippen molar-refractivity contribution in [1.82, 2.24) is 4.90 Å². The summed E-state index contributed by atoms with van der Waals surface area (Å²) in [6.07, 6.45) is 3.34. The Balaban J connectivity index is 1.64. The van der Waals surface area contributed by atoms with Crippen molar-refractivity contribution in [3.05, 3.63) is 44.1 Å². The van der Waals surface area contributed by atoms with E-state index in [0.29, 0.717) is 5.58 Å². The summed E-state index contributed by atoms with van der Waals surface area (Å²) in [5, 5.41) is 9.79. The monoisotopic (exact) mass is 512 g/mol. The molecule has 35 heavy (non-hydrogen) atoms. The van der Waals surface area contributed by atoms with Gasteiger partial charge in [0.25, 0.3) is 5.91 Å². The van der Waals surface area contributed by atoms with E-state index in [1.807, 2.05) is 0 Å². The van der Waals surface area contributed by atoms with Crippen molar-refractivity contribution in [3.8, 4) is 0 Å². The number of nitrogens with zero attached hydrogens (tertiary/aromatic N) is 2. The smallest absolute Gasteiger partial charge is 0.343 e. The fourth-order valence-corrected chi connectivity index (χ4v) is 6.61. The van der Waals surface area contributed by atoms with Crippen molar-refractivity contribution >= 4 is 62.9 Å². The number of carboxylic acids is 1. The quantitative estimate of drug-likeness (QED) is 0.360. The molecule has 0 bridgehead atoms. The molecule has 2 aromatic rings. The molecule has 3 aliphatic rings. The van der Waals surface area contributed by atoms with Gasteiger partial charge < -0.3 is 14.4 Å². The van der Waals surface area contributed by atoms with Crippen LogP contribution < -0.4 is 10.5 Å². The van der Waals surface area contributed by atoms with Gasteiger partial charge in [0.1, 0.15) is 9.90 Å². The second-order valence-corrected chi connectivity index (χ2v) is 12.5. The van der Waals surface area contributed by atoms with Gasteiger partial charge in [0.15, 0.2) is 0 Å². The van der Waals surface area contributed by atoms with Crippen molar-refractivity contribution in [1.29, 1.82) is 0 Å². The number of amides is 1. The molecule has 1 N–H and O–H groups in total. The standard InChI is InChI=1S/C26H28N2O5S2/c1-25(2)6-9-27-10-7-26(3,4)19-20(27)16(25)12-14-11-15(23(32)33-21(14)19)13-17-22(31)28(24(34)35-17)8-5-18(29)30/h11-13H,5-10H2,1-4H3,(H,29,30). The zero-order chi connectivity index (χ0) is 25.3. The molecule has 5 rings (SSSR count). The van der Waals surface area contributed by atoms with E-state index < -0.39 is 11.6 Å². The zero-order valence-corrected chi connectivity index (χ0v) is 21.9. The summed E-state index contributed by atoms with van der Waals surface area (Å²) in [5.41, 5.74) is 3.80. The molecule has 1 amide bonds. The van der Waals surface area contributed by atoms with Crippen LogP contribution in [0.3, 0.4) is 0 Å². The third-order valence-electron chi connectivity index (χ3n) is 7.47. The molecular weight excluding hydrogens is 484 g/mol. The van der Waals surface area contributed by atoms with Gasteiger partial charge in [-0.25, -0.2) is 4.79 Å². The van der Waals surface area contributed by atoms with Crippen LogP contribution in [0.1, 0.15) is 63.6 Å². The third kappa shape index (κ3) is 3.98. The first-order chi connectivity index (χ1) is 16.4. The van der Waals surface area contributed by atoms with Gasteiger partial charge in [-0.1, -0.05) is 51.7 Å². The molecule has 9 heteroatoms. The molecule has 0 radical (unpaired) electrons. The molecule has 1 saturated heterocycles. The van der Waals surface area contributed by atoms with E-state index in [1.165, 1.54) is 22.2 Å². The van der Waals surface area contributed by atoms with Gasteiger partial charge in [0.05, 0.1) is 16.9 Å². The van der Waals surface area contributed by atoms with Gasteiger partial charge in [-0.15, -0.1) is 0 Å². The lowest BCUT2D eigenvalue weighted by atomic mass is 9.69. The maximum Gasteiger partial charge on any atom is 0.343 e. The first-order valence-electron chi connectivity index (χ1n) is 11.8. The van der Waals surface area contributed by atoms with Gasteiger partial charge in [-0.05, 0) is 47.4 Å². The first kappa shape index (κ1) is 24.1. The molecule has 1 aromatic carbocycles. The molecule has 4 heterocycles. The van der Waals surface area contributed by atoms with Crippen LogP contribution in [0.2, 0.25) is 0 Å². The number of fused-ring (bicyclic) bond motifs is 2. The number of thiocarbonyl (C=S) groups is 1. The van der Waals surface area contributed by atoms with Crippen molar-refractivity contribution in [2.75, 3.05) is 24.5 Å². The summed E-state index contributed by atoms with van der Waals surface area (Å²) >= 11 is 6.34. The first-order valence-corrected chi connectivity index (χ1v) is 13.0. The van der Waals surface area contributed by atoms with E-state index in [0.717, 1.165) is 48.6 Å². The number of carboxylic acid groups (broad SMARTS) is 1. The minimum Gasteiger partial charge on any atom is -0.481 e. The Hall–Kier alpha value is -2.65. The Morgan fingerprint density at radius 2 is 1.86 bits per heavy atom. The largest absolute Gasteiger partial charge is 0.481 e. The van der Waals surface area contributed by atoms with E-state index in [1.54, 1.807) is 6.07 Å². The Bertz CT molecular complexity index is 1390. The summed E-state index contributed by atoms with van der Waals surface area (Å²) in [6, 6.07) is 3.95. The van der Waals surface area contributed by atoms with E-state index in [4.69, 9.17) is 21.7 Å². The molecule has 0 atom stereocenters. The van der Waals surface area contributed by atoms with Crippen LogP contribution in [0.5, 0.6) is 0 Å². The lowest BCUT2D eigenvalue weighted by molar-refractivity contribution is -0.137. The summed E-state index contributed by atoms with van der Waals surface area (Å²) in [5.74, 6) is -1.39. The minimum absolute atomic E-state index is 0.000169.